The number of aromatic amines is 1. The maximum absolute atomic E-state index is 12.4. The lowest BCUT2D eigenvalue weighted by atomic mass is 10.1. The molecule has 2 aromatic heterocycles. The zero-order valence-corrected chi connectivity index (χ0v) is 20.3. The summed E-state index contributed by atoms with van der Waals surface area (Å²) in [5, 5.41) is 16.3. The highest BCUT2D eigenvalue weighted by Gasteiger charge is 2.13. The molecular formula is C27H34F2N6. The number of piperidine rings is 1. The van der Waals surface area contributed by atoms with Crippen LogP contribution in [0, 0.1) is 0 Å². The maximum Gasteiger partial charge on any atom is 0.238 e. The third kappa shape index (κ3) is 6.66. The molecule has 0 radical (unpaired) electrons. The van der Waals surface area contributed by atoms with Gasteiger partial charge in [0.1, 0.15) is 5.69 Å². The van der Waals surface area contributed by atoms with Crippen molar-refractivity contribution in [1.29, 1.82) is 0 Å². The van der Waals surface area contributed by atoms with E-state index in [9.17, 15) is 8.78 Å². The van der Waals surface area contributed by atoms with Crippen LogP contribution in [0.25, 0.3) is 27.7 Å². The van der Waals surface area contributed by atoms with Gasteiger partial charge >= 0.3 is 0 Å². The summed E-state index contributed by atoms with van der Waals surface area (Å²) in [6.07, 6.45) is 11.2. The van der Waals surface area contributed by atoms with Gasteiger partial charge in [0.05, 0.1) is 24.0 Å². The molecular weight excluding hydrogens is 446 g/mol. The average molecular weight is 481 g/mol. The van der Waals surface area contributed by atoms with Gasteiger partial charge in [-0.3, -0.25) is 9.78 Å². The minimum absolute atomic E-state index is 0.143. The first-order valence-electron chi connectivity index (χ1n) is 12.3. The highest BCUT2D eigenvalue weighted by atomic mass is 19.3. The van der Waals surface area contributed by atoms with E-state index in [2.05, 4.69) is 50.4 Å². The van der Waals surface area contributed by atoms with E-state index in [0.717, 1.165) is 46.5 Å². The fraction of sp³-hybridized carbons (Fsp3) is 0.407. The third-order valence-corrected chi connectivity index (χ3v) is 6.36. The minimum Gasteiger partial charge on any atom is -0.354 e. The lowest BCUT2D eigenvalue weighted by molar-refractivity contribution is 0.139. The number of nitrogens with one attached hydrogen (secondary N) is 2. The number of halogens is 2. The number of H-pyrrole nitrogens is 1. The van der Waals surface area contributed by atoms with Crippen LogP contribution in [0.2, 0.25) is 0 Å². The number of aromatic nitrogens is 4. The third-order valence-electron chi connectivity index (χ3n) is 6.36. The topological polar surface area (TPSA) is 61.8 Å². The Morgan fingerprint density at radius 3 is 2.80 bits per heavy atom. The van der Waals surface area contributed by atoms with Crippen molar-refractivity contribution in [3.63, 3.8) is 0 Å². The summed E-state index contributed by atoms with van der Waals surface area (Å²) in [6, 6.07) is 6.18. The summed E-state index contributed by atoms with van der Waals surface area (Å²) in [6.45, 7) is 10.3. The van der Waals surface area contributed by atoms with Gasteiger partial charge in [0.15, 0.2) is 0 Å². The first-order chi connectivity index (χ1) is 17.0. The summed E-state index contributed by atoms with van der Waals surface area (Å²) in [5.74, 6) is 0. The van der Waals surface area contributed by atoms with Crippen LogP contribution in [-0.4, -0.2) is 50.9 Å². The molecule has 1 saturated heterocycles. The number of nitrogens with zero attached hydrogens (tertiary/aromatic N) is 4. The Labute approximate surface area is 205 Å². The SMILES string of the molecule is C=C(NC(/C=C\CCC(F)F)=C/C)c1n[nH]c2ccc(-c3cnn(CCN4CCCCC4)c3)cc12. The van der Waals surface area contributed by atoms with Crippen molar-refractivity contribution in [2.75, 3.05) is 19.6 Å². The van der Waals surface area contributed by atoms with Gasteiger partial charge in [-0.2, -0.15) is 10.2 Å². The van der Waals surface area contributed by atoms with Gasteiger partial charge in [-0.1, -0.05) is 31.2 Å². The number of hydrogen-bond acceptors (Lipinski definition) is 4. The molecule has 3 aromatic rings. The van der Waals surface area contributed by atoms with Gasteiger partial charge < -0.3 is 10.2 Å². The van der Waals surface area contributed by atoms with E-state index in [1.54, 1.807) is 12.2 Å². The molecule has 8 heteroatoms. The molecule has 6 nitrogen and oxygen atoms in total. The van der Waals surface area contributed by atoms with Crippen molar-refractivity contribution in [3.05, 3.63) is 66.8 Å². The van der Waals surface area contributed by atoms with Crippen LogP contribution in [0.5, 0.6) is 0 Å². The quantitative estimate of drug-likeness (QED) is 0.332. The molecule has 0 unspecified atom stereocenters. The Bertz CT molecular complexity index is 1180. The smallest absolute Gasteiger partial charge is 0.238 e. The molecule has 2 N–H and O–H groups in total. The summed E-state index contributed by atoms with van der Waals surface area (Å²) in [4.78, 5) is 2.51. The summed E-state index contributed by atoms with van der Waals surface area (Å²) < 4.78 is 26.7. The number of hydrogen-bond donors (Lipinski definition) is 2. The summed E-state index contributed by atoms with van der Waals surface area (Å²) in [5.41, 5.74) is 5.19. The maximum atomic E-state index is 12.4. The van der Waals surface area contributed by atoms with E-state index in [4.69, 9.17) is 0 Å². The molecule has 0 atom stereocenters. The van der Waals surface area contributed by atoms with E-state index >= 15 is 0 Å². The predicted molar refractivity (Wildman–Crippen MR) is 138 cm³/mol. The molecule has 186 valence electrons. The number of benzene rings is 1. The van der Waals surface area contributed by atoms with Crippen LogP contribution in [-0.2, 0) is 6.54 Å². The van der Waals surface area contributed by atoms with Gasteiger partial charge in [-0.05, 0) is 63.0 Å². The van der Waals surface area contributed by atoms with Crippen molar-refractivity contribution >= 4 is 16.6 Å². The number of alkyl halides is 2. The van der Waals surface area contributed by atoms with Crippen molar-refractivity contribution in [2.24, 2.45) is 0 Å². The van der Waals surface area contributed by atoms with E-state index in [-0.39, 0.29) is 6.42 Å². The lowest BCUT2D eigenvalue weighted by Crippen LogP contribution is -2.32. The van der Waals surface area contributed by atoms with Gasteiger partial charge in [-0.15, -0.1) is 0 Å². The lowest BCUT2D eigenvalue weighted by Gasteiger charge is -2.26. The van der Waals surface area contributed by atoms with Gasteiger partial charge in [0.2, 0.25) is 6.43 Å². The van der Waals surface area contributed by atoms with Crippen LogP contribution < -0.4 is 5.32 Å². The molecule has 3 heterocycles. The van der Waals surface area contributed by atoms with Crippen LogP contribution >= 0.6 is 0 Å². The molecule has 0 amide bonds. The average Bonchev–Trinajstić information content (AvgIpc) is 3.52. The Morgan fingerprint density at radius 2 is 2.03 bits per heavy atom. The second-order valence-corrected chi connectivity index (χ2v) is 8.95. The molecule has 0 bridgehead atoms. The molecule has 1 aromatic carbocycles. The molecule has 35 heavy (non-hydrogen) atoms. The fourth-order valence-corrected chi connectivity index (χ4v) is 4.36. The minimum atomic E-state index is -2.29. The molecule has 0 aliphatic carbocycles. The van der Waals surface area contributed by atoms with Crippen molar-refractivity contribution in [3.8, 4) is 11.1 Å². The number of fused-ring (bicyclic) bond motifs is 1. The van der Waals surface area contributed by atoms with E-state index < -0.39 is 6.43 Å². The number of likely N-dealkylation sites (tertiary alicyclic amines) is 1. The number of rotatable bonds is 11. The molecule has 0 spiro atoms. The summed E-state index contributed by atoms with van der Waals surface area (Å²) >= 11 is 0. The highest BCUT2D eigenvalue weighted by molar-refractivity contribution is 5.92. The van der Waals surface area contributed by atoms with Crippen LogP contribution in [0.4, 0.5) is 8.78 Å². The predicted octanol–water partition coefficient (Wildman–Crippen LogP) is 5.98. The Balaban J connectivity index is 1.44. The zero-order valence-electron chi connectivity index (χ0n) is 20.3. The van der Waals surface area contributed by atoms with Gasteiger partial charge in [-0.25, -0.2) is 8.78 Å². The molecule has 0 saturated carbocycles. The zero-order chi connectivity index (χ0) is 24.6. The van der Waals surface area contributed by atoms with Crippen LogP contribution in [0.15, 0.2) is 61.1 Å². The Kier molecular flexibility index (Phi) is 8.47. The standard InChI is InChI=1S/C27H34F2N6/c1-3-23(9-5-6-10-26(28)29)31-20(2)27-24-17-21(11-12-25(24)32-33-27)22-18-30-35(19-22)16-15-34-13-7-4-8-14-34/h3,5,9,11-12,17-19,26,31H,2,4,6-8,10,13-16H2,1H3,(H,32,33)/b9-5-,23-3+. The molecule has 1 aliphatic heterocycles. The number of allylic oxidation sites excluding steroid dienone is 3. The van der Waals surface area contributed by atoms with Crippen LogP contribution in [0.3, 0.4) is 0 Å². The summed E-state index contributed by atoms with van der Waals surface area (Å²) in [7, 11) is 0. The molecule has 4 rings (SSSR count). The molecule has 1 aliphatic rings. The van der Waals surface area contributed by atoms with E-state index in [1.165, 1.54) is 32.4 Å². The van der Waals surface area contributed by atoms with Crippen molar-refractivity contribution < 1.29 is 8.78 Å². The Morgan fingerprint density at radius 1 is 1.20 bits per heavy atom. The van der Waals surface area contributed by atoms with Gasteiger partial charge in [0.25, 0.3) is 0 Å². The van der Waals surface area contributed by atoms with E-state index in [0.29, 0.717) is 12.1 Å². The fourth-order valence-electron chi connectivity index (χ4n) is 4.36. The highest BCUT2D eigenvalue weighted by Crippen LogP contribution is 2.27. The van der Waals surface area contributed by atoms with Crippen molar-refractivity contribution in [2.45, 2.75) is 52.0 Å². The van der Waals surface area contributed by atoms with Crippen molar-refractivity contribution in [1.82, 2.24) is 30.2 Å². The second kappa shape index (κ2) is 11.9. The Hall–Kier alpha value is -3.26. The monoisotopic (exact) mass is 480 g/mol. The second-order valence-electron chi connectivity index (χ2n) is 8.95. The molecule has 1 fully saturated rings. The van der Waals surface area contributed by atoms with E-state index in [1.807, 2.05) is 29.9 Å². The normalized spacial score (nSPS) is 15.5. The first kappa shape index (κ1) is 24.9. The van der Waals surface area contributed by atoms with Gasteiger partial charge in [0, 0.05) is 35.8 Å². The largest absolute Gasteiger partial charge is 0.354 e. The first-order valence-corrected chi connectivity index (χ1v) is 12.3. The van der Waals surface area contributed by atoms with Crippen LogP contribution in [0.1, 0.15) is 44.7 Å².